The van der Waals surface area contributed by atoms with Gasteiger partial charge in [-0.15, -0.1) is 0 Å². The van der Waals surface area contributed by atoms with Crippen LogP contribution in [0.5, 0.6) is 0 Å². The molecule has 1 aromatic carbocycles. The SMILES string of the molecule is CC(CCc1ccccc1)NC(=O)C(C)N1CCC(c2c[nH]c3ncccc23)CC1. The molecule has 0 saturated carbocycles. The average molecular weight is 405 g/mol. The van der Waals surface area contributed by atoms with Crippen LogP contribution in [0, 0.1) is 0 Å². The molecular formula is C25H32N4O. The molecular weight excluding hydrogens is 372 g/mol. The molecule has 2 atom stereocenters. The number of rotatable bonds is 7. The summed E-state index contributed by atoms with van der Waals surface area (Å²) in [5.74, 6) is 0.671. The number of aromatic nitrogens is 2. The fraction of sp³-hybridized carbons (Fsp3) is 0.440. The number of amides is 1. The first-order chi connectivity index (χ1) is 14.6. The van der Waals surface area contributed by atoms with Gasteiger partial charge < -0.3 is 10.3 Å². The fourth-order valence-electron chi connectivity index (χ4n) is 4.54. The van der Waals surface area contributed by atoms with E-state index in [1.165, 1.54) is 16.5 Å². The molecule has 1 saturated heterocycles. The van der Waals surface area contributed by atoms with Gasteiger partial charge in [-0.05, 0) is 81.8 Å². The summed E-state index contributed by atoms with van der Waals surface area (Å²) in [6.07, 6.45) is 8.03. The average Bonchev–Trinajstić information content (AvgIpc) is 3.22. The summed E-state index contributed by atoms with van der Waals surface area (Å²) < 4.78 is 0. The molecule has 0 bridgehead atoms. The van der Waals surface area contributed by atoms with Crippen LogP contribution < -0.4 is 5.32 Å². The molecule has 4 rings (SSSR count). The molecule has 5 nitrogen and oxygen atoms in total. The van der Waals surface area contributed by atoms with Crippen LogP contribution in [-0.2, 0) is 11.2 Å². The Morgan fingerprint density at radius 3 is 2.70 bits per heavy atom. The summed E-state index contributed by atoms with van der Waals surface area (Å²) in [5.41, 5.74) is 3.65. The van der Waals surface area contributed by atoms with Crippen LogP contribution in [0.1, 0.15) is 50.2 Å². The molecule has 3 heterocycles. The molecule has 2 unspecified atom stereocenters. The summed E-state index contributed by atoms with van der Waals surface area (Å²) in [4.78, 5) is 22.8. The minimum Gasteiger partial charge on any atom is -0.352 e. The number of aryl methyl sites for hydroxylation is 1. The first-order valence-electron chi connectivity index (χ1n) is 11.1. The summed E-state index contributed by atoms with van der Waals surface area (Å²) >= 11 is 0. The van der Waals surface area contributed by atoms with Gasteiger partial charge in [-0.2, -0.15) is 0 Å². The first kappa shape index (κ1) is 20.6. The summed E-state index contributed by atoms with van der Waals surface area (Å²) in [7, 11) is 0. The van der Waals surface area contributed by atoms with Crippen LogP contribution in [0.25, 0.3) is 11.0 Å². The van der Waals surface area contributed by atoms with E-state index < -0.39 is 0 Å². The van der Waals surface area contributed by atoms with Crippen LogP contribution in [0.15, 0.2) is 54.9 Å². The molecule has 1 amide bonds. The number of H-pyrrole nitrogens is 1. The molecule has 30 heavy (non-hydrogen) atoms. The molecule has 2 N–H and O–H groups in total. The third-order valence-electron chi connectivity index (χ3n) is 6.48. The van der Waals surface area contributed by atoms with E-state index >= 15 is 0 Å². The van der Waals surface area contributed by atoms with Gasteiger partial charge in [-0.1, -0.05) is 30.3 Å². The van der Waals surface area contributed by atoms with E-state index in [2.05, 4.69) is 63.6 Å². The van der Waals surface area contributed by atoms with Crippen molar-refractivity contribution in [3.63, 3.8) is 0 Å². The van der Waals surface area contributed by atoms with Gasteiger partial charge in [-0.25, -0.2) is 4.98 Å². The number of aromatic amines is 1. The Bertz CT molecular complexity index is 959. The highest BCUT2D eigenvalue weighted by Crippen LogP contribution is 2.33. The van der Waals surface area contributed by atoms with Crippen molar-refractivity contribution in [2.45, 2.75) is 57.5 Å². The predicted octanol–water partition coefficient (Wildman–Crippen LogP) is 4.27. The smallest absolute Gasteiger partial charge is 0.237 e. The number of nitrogens with zero attached hydrogens (tertiary/aromatic N) is 2. The number of hydrogen-bond acceptors (Lipinski definition) is 3. The maximum Gasteiger partial charge on any atom is 0.237 e. The highest BCUT2D eigenvalue weighted by atomic mass is 16.2. The van der Waals surface area contributed by atoms with Crippen molar-refractivity contribution in [3.05, 3.63) is 66.0 Å². The number of nitrogens with one attached hydrogen (secondary N) is 2. The topological polar surface area (TPSA) is 61.0 Å². The molecule has 158 valence electrons. The lowest BCUT2D eigenvalue weighted by Crippen LogP contribution is -2.49. The molecule has 5 heteroatoms. The van der Waals surface area contributed by atoms with Gasteiger partial charge >= 0.3 is 0 Å². The molecule has 1 aliphatic heterocycles. The minimum atomic E-state index is -0.0882. The van der Waals surface area contributed by atoms with Gasteiger partial charge in [0.2, 0.25) is 5.91 Å². The number of fused-ring (bicyclic) bond motifs is 1. The van der Waals surface area contributed by atoms with E-state index in [0.29, 0.717) is 5.92 Å². The lowest BCUT2D eigenvalue weighted by atomic mass is 9.89. The Labute approximate surface area is 178 Å². The van der Waals surface area contributed by atoms with E-state index in [-0.39, 0.29) is 18.0 Å². The van der Waals surface area contributed by atoms with Gasteiger partial charge in [0.15, 0.2) is 0 Å². The summed E-state index contributed by atoms with van der Waals surface area (Å²) in [6, 6.07) is 14.7. The monoisotopic (exact) mass is 404 g/mol. The number of hydrogen-bond donors (Lipinski definition) is 2. The number of benzene rings is 1. The van der Waals surface area contributed by atoms with E-state index in [1.54, 1.807) is 0 Å². The Balaban J connectivity index is 1.26. The quantitative estimate of drug-likeness (QED) is 0.618. The van der Waals surface area contributed by atoms with E-state index in [0.717, 1.165) is 44.4 Å². The van der Waals surface area contributed by atoms with Gasteiger partial charge in [0, 0.05) is 23.8 Å². The van der Waals surface area contributed by atoms with Crippen molar-refractivity contribution in [3.8, 4) is 0 Å². The highest BCUT2D eigenvalue weighted by Gasteiger charge is 2.28. The van der Waals surface area contributed by atoms with Crippen molar-refractivity contribution >= 4 is 16.9 Å². The largest absolute Gasteiger partial charge is 0.352 e. The lowest BCUT2D eigenvalue weighted by molar-refractivity contribution is -0.127. The van der Waals surface area contributed by atoms with Gasteiger partial charge in [-0.3, -0.25) is 9.69 Å². The standard InChI is InChI=1S/C25H32N4O/c1-18(10-11-20-7-4-3-5-8-20)28-25(30)19(2)29-15-12-21(13-16-29)23-17-27-24-22(23)9-6-14-26-24/h3-9,14,17-19,21H,10-13,15-16H2,1-2H3,(H,26,27)(H,28,30). The van der Waals surface area contributed by atoms with Gasteiger partial charge in [0.05, 0.1) is 6.04 Å². The van der Waals surface area contributed by atoms with Crippen LogP contribution in [0.3, 0.4) is 0 Å². The predicted molar refractivity (Wildman–Crippen MR) is 121 cm³/mol. The van der Waals surface area contributed by atoms with Gasteiger partial charge in [0.25, 0.3) is 0 Å². The van der Waals surface area contributed by atoms with E-state index in [9.17, 15) is 4.79 Å². The van der Waals surface area contributed by atoms with Crippen LogP contribution in [0.2, 0.25) is 0 Å². The fourth-order valence-corrected chi connectivity index (χ4v) is 4.54. The summed E-state index contributed by atoms with van der Waals surface area (Å²) in [5, 5.41) is 4.45. The Hall–Kier alpha value is -2.66. The third-order valence-corrected chi connectivity index (χ3v) is 6.48. The lowest BCUT2D eigenvalue weighted by Gasteiger charge is -2.35. The molecule has 0 spiro atoms. The molecule has 3 aromatic rings. The Kier molecular flexibility index (Phi) is 6.48. The molecule has 2 aromatic heterocycles. The van der Waals surface area contributed by atoms with Crippen molar-refractivity contribution in [1.29, 1.82) is 0 Å². The maximum atomic E-state index is 12.8. The Morgan fingerprint density at radius 1 is 1.17 bits per heavy atom. The highest BCUT2D eigenvalue weighted by molar-refractivity contribution is 5.82. The third kappa shape index (κ3) is 4.73. The second kappa shape index (κ2) is 9.43. The number of piperidine rings is 1. The number of carbonyl (C=O) groups is 1. The maximum absolute atomic E-state index is 12.8. The molecule has 1 aliphatic rings. The zero-order valence-electron chi connectivity index (χ0n) is 18.0. The van der Waals surface area contributed by atoms with Crippen LogP contribution in [-0.4, -0.2) is 45.9 Å². The number of likely N-dealkylation sites (tertiary alicyclic amines) is 1. The zero-order valence-corrected chi connectivity index (χ0v) is 18.0. The second-order valence-electron chi connectivity index (χ2n) is 8.56. The van der Waals surface area contributed by atoms with Gasteiger partial charge in [0.1, 0.15) is 5.65 Å². The molecule has 1 fully saturated rings. The van der Waals surface area contributed by atoms with Crippen molar-refractivity contribution < 1.29 is 4.79 Å². The van der Waals surface area contributed by atoms with Crippen LogP contribution in [0.4, 0.5) is 0 Å². The van der Waals surface area contributed by atoms with Crippen LogP contribution >= 0.6 is 0 Å². The molecule has 0 aliphatic carbocycles. The minimum absolute atomic E-state index is 0.0882. The van der Waals surface area contributed by atoms with E-state index in [4.69, 9.17) is 0 Å². The van der Waals surface area contributed by atoms with Crippen molar-refractivity contribution in [2.24, 2.45) is 0 Å². The normalized spacial score (nSPS) is 17.7. The first-order valence-corrected chi connectivity index (χ1v) is 11.1. The van der Waals surface area contributed by atoms with Crippen molar-refractivity contribution in [2.75, 3.05) is 13.1 Å². The number of pyridine rings is 1. The van der Waals surface area contributed by atoms with Crippen molar-refractivity contribution in [1.82, 2.24) is 20.2 Å². The zero-order chi connectivity index (χ0) is 20.9. The molecule has 0 radical (unpaired) electrons. The second-order valence-corrected chi connectivity index (χ2v) is 8.56. The van der Waals surface area contributed by atoms with E-state index in [1.807, 2.05) is 25.3 Å². The number of carbonyl (C=O) groups excluding carboxylic acids is 1. The summed E-state index contributed by atoms with van der Waals surface area (Å²) in [6.45, 7) is 6.04. The Morgan fingerprint density at radius 2 is 1.93 bits per heavy atom.